The van der Waals surface area contributed by atoms with E-state index in [0.29, 0.717) is 5.75 Å². The van der Waals surface area contributed by atoms with Crippen LogP contribution in [0.1, 0.15) is 12.8 Å². The molecule has 1 rings (SSSR count). The Bertz CT molecular complexity index is 226. The van der Waals surface area contributed by atoms with E-state index in [1.54, 1.807) is 0 Å². The molecular formula is C9H16N2O3S. The Morgan fingerprint density at radius 2 is 2.33 bits per heavy atom. The van der Waals surface area contributed by atoms with Crippen LogP contribution >= 0.6 is 12.6 Å². The molecule has 15 heavy (non-hydrogen) atoms. The number of nitrogens with two attached hydrogens (primary N) is 1. The lowest BCUT2D eigenvalue weighted by atomic mass is 10.2. The first kappa shape index (κ1) is 12.5. The van der Waals surface area contributed by atoms with E-state index < -0.39 is 17.9 Å². The van der Waals surface area contributed by atoms with Crippen LogP contribution in [-0.2, 0) is 14.3 Å². The number of carbonyl (C=O) groups is 2. The van der Waals surface area contributed by atoms with Gasteiger partial charge in [-0.2, -0.15) is 12.6 Å². The maximum Gasteiger partial charge on any atom is 0.330 e. The molecule has 1 fully saturated rings. The van der Waals surface area contributed by atoms with E-state index in [1.807, 2.05) is 0 Å². The minimum absolute atomic E-state index is 0.147. The maximum atomic E-state index is 11.4. The number of rotatable bonds is 4. The first-order valence-corrected chi connectivity index (χ1v) is 5.62. The standard InChI is InChI=1S/C9H16N2O3S/c10-4-6(5-15)8(12)14-9(13)7-2-1-3-11-7/h6-7,11,15H,1-5,10H2/t6?,7-/m0/s1. The van der Waals surface area contributed by atoms with E-state index in [2.05, 4.69) is 17.9 Å². The predicted octanol–water partition coefficient (Wildman–Crippen LogP) is -0.687. The number of ether oxygens (including phenoxy) is 1. The van der Waals surface area contributed by atoms with Gasteiger partial charge in [0.1, 0.15) is 6.04 Å². The minimum atomic E-state index is -0.578. The first-order valence-electron chi connectivity index (χ1n) is 4.99. The molecule has 0 bridgehead atoms. The van der Waals surface area contributed by atoms with Crippen molar-refractivity contribution in [3.63, 3.8) is 0 Å². The Labute approximate surface area is 94.1 Å². The molecule has 0 aromatic heterocycles. The first-order chi connectivity index (χ1) is 7.19. The van der Waals surface area contributed by atoms with E-state index in [4.69, 9.17) is 10.5 Å². The van der Waals surface area contributed by atoms with Crippen LogP contribution in [0, 0.1) is 5.92 Å². The quantitative estimate of drug-likeness (QED) is 0.340. The molecule has 86 valence electrons. The molecule has 0 amide bonds. The zero-order chi connectivity index (χ0) is 11.3. The average Bonchev–Trinajstić information content (AvgIpc) is 2.72. The van der Waals surface area contributed by atoms with Crippen molar-refractivity contribution < 1.29 is 14.3 Å². The fraction of sp³-hybridized carbons (Fsp3) is 0.778. The molecule has 0 aliphatic carbocycles. The SMILES string of the molecule is NCC(CS)C(=O)OC(=O)[C@@H]1CCCN1. The summed E-state index contributed by atoms with van der Waals surface area (Å²) in [5.41, 5.74) is 5.34. The fourth-order valence-electron chi connectivity index (χ4n) is 1.38. The number of nitrogens with one attached hydrogen (secondary N) is 1. The van der Waals surface area contributed by atoms with Crippen LogP contribution in [-0.4, -0.2) is 36.8 Å². The number of hydrogen-bond acceptors (Lipinski definition) is 6. The monoisotopic (exact) mass is 232 g/mol. The highest BCUT2D eigenvalue weighted by Gasteiger charge is 2.27. The largest absolute Gasteiger partial charge is 0.392 e. The van der Waals surface area contributed by atoms with Crippen molar-refractivity contribution in [1.29, 1.82) is 0 Å². The summed E-state index contributed by atoms with van der Waals surface area (Å²) >= 11 is 3.96. The number of esters is 2. The smallest absolute Gasteiger partial charge is 0.330 e. The van der Waals surface area contributed by atoms with Crippen LogP contribution in [0.15, 0.2) is 0 Å². The van der Waals surface area contributed by atoms with E-state index in [9.17, 15) is 9.59 Å². The molecule has 1 aliphatic heterocycles. The van der Waals surface area contributed by atoms with Crippen molar-refractivity contribution in [2.75, 3.05) is 18.8 Å². The Hall–Kier alpha value is -0.590. The third-order valence-corrected chi connectivity index (χ3v) is 2.83. The normalized spacial score (nSPS) is 22.4. The van der Waals surface area contributed by atoms with Gasteiger partial charge in [-0.05, 0) is 19.4 Å². The summed E-state index contributed by atoms with van der Waals surface area (Å²) in [7, 11) is 0. The zero-order valence-corrected chi connectivity index (χ0v) is 9.33. The predicted molar refractivity (Wildman–Crippen MR) is 58.5 cm³/mol. The van der Waals surface area contributed by atoms with Gasteiger partial charge in [0.05, 0.1) is 5.92 Å². The van der Waals surface area contributed by atoms with E-state index in [0.717, 1.165) is 19.4 Å². The van der Waals surface area contributed by atoms with Crippen molar-refractivity contribution in [2.45, 2.75) is 18.9 Å². The van der Waals surface area contributed by atoms with Crippen molar-refractivity contribution in [3.8, 4) is 0 Å². The maximum absolute atomic E-state index is 11.4. The summed E-state index contributed by atoms with van der Waals surface area (Å²) in [6, 6.07) is -0.340. The second-order valence-corrected chi connectivity index (χ2v) is 3.87. The molecule has 3 N–H and O–H groups in total. The summed E-state index contributed by atoms with van der Waals surface area (Å²) in [6.07, 6.45) is 1.65. The number of hydrogen-bond donors (Lipinski definition) is 3. The summed E-state index contributed by atoms with van der Waals surface area (Å²) in [5, 5.41) is 2.96. The van der Waals surface area contributed by atoms with Crippen LogP contribution in [0.3, 0.4) is 0 Å². The zero-order valence-electron chi connectivity index (χ0n) is 8.44. The molecule has 0 radical (unpaired) electrons. The van der Waals surface area contributed by atoms with Crippen LogP contribution < -0.4 is 11.1 Å². The summed E-state index contributed by atoms with van der Waals surface area (Å²) in [4.78, 5) is 22.8. The number of thiol groups is 1. The van der Waals surface area contributed by atoms with Gasteiger partial charge in [-0.15, -0.1) is 0 Å². The van der Waals surface area contributed by atoms with Gasteiger partial charge in [0, 0.05) is 12.3 Å². The molecule has 0 aromatic carbocycles. The summed E-state index contributed by atoms with van der Waals surface area (Å²) in [5.74, 6) is -1.29. The second kappa shape index (κ2) is 6.09. The molecule has 1 saturated heterocycles. The van der Waals surface area contributed by atoms with Crippen molar-refractivity contribution >= 4 is 24.6 Å². The molecule has 5 nitrogen and oxygen atoms in total. The topological polar surface area (TPSA) is 81.4 Å². The molecule has 0 spiro atoms. The Kier molecular flexibility index (Phi) is 5.07. The lowest BCUT2D eigenvalue weighted by Gasteiger charge is -2.12. The third kappa shape index (κ3) is 3.48. The molecule has 2 atom stereocenters. The van der Waals surface area contributed by atoms with Crippen LogP contribution in [0.25, 0.3) is 0 Å². The van der Waals surface area contributed by atoms with Crippen LogP contribution in [0.5, 0.6) is 0 Å². The fourth-order valence-corrected chi connectivity index (χ4v) is 1.68. The van der Waals surface area contributed by atoms with Gasteiger partial charge < -0.3 is 15.8 Å². The number of carbonyl (C=O) groups excluding carboxylic acids is 2. The van der Waals surface area contributed by atoms with Gasteiger partial charge in [0.25, 0.3) is 0 Å². The average molecular weight is 232 g/mol. The molecule has 6 heteroatoms. The molecule has 0 saturated carbocycles. The molecule has 1 unspecified atom stereocenters. The van der Waals surface area contributed by atoms with Crippen LogP contribution in [0.2, 0.25) is 0 Å². The molecule has 0 aromatic rings. The third-order valence-electron chi connectivity index (χ3n) is 2.38. The van der Waals surface area contributed by atoms with E-state index in [-0.39, 0.29) is 12.6 Å². The van der Waals surface area contributed by atoms with Gasteiger partial charge in [0.2, 0.25) is 0 Å². The Balaban J connectivity index is 2.39. The Morgan fingerprint density at radius 3 is 2.80 bits per heavy atom. The summed E-state index contributed by atoms with van der Waals surface area (Å²) in [6.45, 7) is 0.939. The highest BCUT2D eigenvalue weighted by atomic mass is 32.1. The molecular weight excluding hydrogens is 216 g/mol. The van der Waals surface area contributed by atoms with Gasteiger partial charge >= 0.3 is 11.9 Å². The van der Waals surface area contributed by atoms with Gasteiger partial charge in [-0.1, -0.05) is 0 Å². The van der Waals surface area contributed by atoms with Crippen LogP contribution in [0.4, 0.5) is 0 Å². The lowest BCUT2D eigenvalue weighted by molar-refractivity contribution is -0.163. The van der Waals surface area contributed by atoms with Gasteiger partial charge in [-0.25, -0.2) is 4.79 Å². The highest BCUT2D eigenvalue weighted by Crippen LogP contribution is 2.08. The lowest BCUT2D eigenvalue weighted by Crippen LogP contribution is -2.37. The van der Waals surface area contributed by atoms with Gasteiger partial charge in [-0.3, -0.25) is 4.79 Å². The second-order valence-electron chi connectivity index (χ2n) is 3.50. The minimum Gasteiger partial charge on any atom is -0.392 e. The Morgan fingerprint density at radius 1 is 1.60 bits per heavy atom. The van der Waals surface area contributed by atoms with E-state index in [1.165, 1.54) is 0 Å². The summed E-state index contributed by atoms with van der Waals surface area (Å²) < 4.78 is 4.71. The van der Waals surface area contributed by atoms with Crippen molar-refractivity contribution in [3.05, 3.63) is 0 Å². The molecule has 1 aliphatic rings. The van der Waals surface area contributed by atoms with E-state index >= 15 is 0 Å². The van der Waals surface area contributed by atoms with Crippen molar-refractivity contribution in [2.24, 2.45) is 11.7 Å². The van der Waals surface area contributed by atoms with Crippen molar-refractivity contribution in [1.82, 2.24) is 5.32 Å². The molecule has 1 heterocycles. The van der Waals surface area contributed by atoms with Gasteiger partial charge in [0.15, 0.2) is 0 Å². The highest BCUT2D eigenvalue weighted by molar-refractivity contribution is 7.80.